The molecule has 0 aromatic carbocycles. The van der Waals surface area contributed by atoms with Crippen LogP contribution in [-0.2, 0) is 0 Å². The Morgan fingerprint density at radius 3 is 2.75 bits per heavy atom. The third kappa shape index (κ3) is 2.50. The van der Waals surface area contributed by atoms with E-state index in [-0.39, 0.29) is 0 Å². The topological polar surface area (TPSA) is 52.0 Å². The van der Waals surface area contributed by atoms with Gasteiger partial charge in [-0.1, -0.05) is 0 Å². The Bertz CT molecular complexity index is 453. The van der Waals surface area contributed by atoms with E-state index in [9.17, 15) is 0 Å². The molecule has 84 valence electrons. The summed E-state index contributed by atoms with van der Waals surface area (Å²) in [6.07, 6.45) is 3.76. The number of nitrogens with zero attached hydrogens (tertiary/aromatic N) is 3. The molecule has 2 aromatic rings. The van der Waals surface area contributed by atoms with Crippen LogP contribution in [0.3, 0.4) is 0 Å². The van der Waals surface area contributed by atoms with Crippen molar-refractivity contribution < 1.29 is 4.74 Å². The number of nitrogens with one attached hydrogen (secondary N) is 1. The summed E-state index contributed by atoms with van der Waals surface area (Å²) in [6, 6.07) is 5.66. The van der Waals surface area contributed by atoms with Crippen LogP contribution in [0.15, 0.2) is 30.6 Å². The van der Waals surface area contributed by atoms with Gasteiger partial charge in [0.15, 0.2) is 0 Å². The van der Waals surface area contributed by atoms with Crippen LogP contribution in [0.25, 0.3) is 0 Å². The minimum atomic E-state index is 0.527. The number of ether oxygens (including phenoxy) is 1. The third-order valence-electron chi connectivity index (χ3n) is 1.96. The van der Waals surface area contributed by atoms with Crippen molar-refractivity contribution in [3.05, 3.63) is 36.3 Å². The number of aryl methyl sites for hydroxylation is 1. The molecular formula is C11H14N4O. The minimum Gasteiger partial charge on any atom is -0.478 e. The summed E-state index contributed by atoms with van der Waals surface area (Å²) in [4.78, 5) is 8.50. The van der Waals surface area contributed by atoms with Crippen molar-refractivity contribution in [3.8, 4) is 5.88 Å². The van der Waals surface area contributed by atoms with E-state index in [0.717, 1.165) is 5.69 Å². The highest BCUT2D eigenvalue weighted by Gasteiger charge is 2.02. The SMILES string of the molecule is CCOc1cc(C)nc(Nn2cccc2)n1. The summed E-state index contributed by atoms with van der Waals surface area (Å²) in [5, 5.41) is 0. The van der Waals surface area contributed by atoms with Crippen molar-refractivity contribution in [2.45, 2.75) is 13.8 Å². The Labute approximate surface area is 94.1 Å². The average Bonchev–Trinajstić information content (AvgIpc) is 2.70. The van der Waals surface area contributed by atoms with E-state index in [1.807, 2.05) is 44.4 Å². The second-order valence-corrected chi connectivity index (χ2v) is 3.31. The Balaban J connectivity index is 2.20. The molecule has 1 N–H and O–H groups in total. The molecule has 0 bridgehead atoms. The summed E-state index contributed by atoms with van der Waals surface area (Å²) >= 11 is 0. The highest BCUT2D eigenvalue weighted by atomic mass is 16.5. The molecule has 5 heteroatoms. The van der Waals surface area contributed by atoms with Gasteiger partial charge in [-0.2, -0.15) is 4.98 Å². The van der Waals surface area contributed by atoms with Gasteiger partial charge in [-0.3, -0.25) is 10.1 Å². The molecule has 0 unspecified atom stereocenters. The minimum absolute atomic E-state index is 0.527. The van der Waals surface area contributed by atoms with Crippen molar-refractivity contribution in [2.24, 2.45) is 0 Å². The Morgan fingerprint density at radius 2 is 2.06 bits per heavy atom. The predicted octanol–water partition coefficient (Wildman–Crippen LogP) is 1.86. The van der Waals surface area contributed by atoms with Gasteiger partial charge in [-0.05, 0) is 26.0 Å². The number of aromatic nitrogens is 3. The van der Waals surface area contributed by atoms with Crippen molar-refractivity contribution in [1.29, 1.82) is 0 Å². The summed E-state index contributed by atoms with van der Waals surface area (Å²) < 4.78 is 7.13. The first kappa shape index (κ1) is 10.5. The van der Waals surface area contributed by atoms with Gasteiger partial charge in [-0.15, -0.1) is 0 Å². The monoisotopic (exact) mass is 218 g/mol. The van der Waals surface area contributed by atoms with E-state index in [4.69, 9.17) is 4.74 Å². The Hall–Kier alpha value is -2.04. The molecule has 2 rings (SSSR count). The lowest BCUT2D eigenvalue weighted by Crippen LogP contribution is -2.10. The van der Waals surface area contributed by atoms with Crippen LogP contribution in [0.4, 0.5) is 5.95 Å². The molecule has 16 heavy (non-hydrogen) atoms. The fraction of sp³-hybridized carbons (Fsp3) is 0.273. The fourth-order valence-corrected chi connectivity index (χ4v) is 1.34. The Morgan fingerprint density at radius 1 is 1.31 bits per heavy atom. The van der Waals surface area contributed by atoms with Crippen LogP contribution in [0.5, 0.6) is 5.88 Å². The van der Waals surface area contributed by atoms with Crippen LogP contribution < -0.4 is 10.2 Å². The maximum Gasteiger partial charge on any atom is 0.245 e. The van der Waals surface area contributed by atoms with Crippen LogP contribution in [0.1, 0.15) is 12.6 Å². The van der Waals surface area contributed by atoms with Crippen LogP contribution >= 0.6 is 0 Å². The lowest BCUT2D eigenvalue weighted by molar-refractivity contribution is 0.326. The predicted molar refractivity (Wildman–Crippen MR) is 61.4 cm³/mol. The summed E-state index contributed by atoms with van der Waals surface area (Å²) in [5.41, 5.74) is 3.91. The van der Waals surface area contributed by atoms with Crippen molar-refractivity contribution in [3.63, 3.8) is 0 Å². The molecular weight excluding hydrogens is 204 g/mol. The van der Waals surface area contributed by atoms with E-state index in [2.05, 4.69) is 15.4 Å². The number of rotatable bonds is 4. The van der Waals surface area contributed by atoms with Gasteiger partial charge in [0.25, 0.3) is 0 Å². The molecule has 0 aliphatic heterocycles. The summed E-state index contributed by atoms with van der Waals surface area (Å²) in [5.74, 6) is 1.12. The fourth-order valence-electron chi connectivity index (χ4n) is 1.34. The lowest BCUT2D eigenvalue weighted by atomic mass is 10.4. The van der Waals surface area contributed by atoms with Crippen molar-refractivity contribution >= 4 is 5.95 Å². The van der Waals surface area contributed by atoms with E-state index >= 15 is 0 Å². The first-order valence-corrected chi connectivity index (χ1v) is 5.16. The molecule has 5 nitrogen and oxygen atoms in total. The molecule has 0 radical (unpaired) electrons. The van der Waals surface area contributed by atoms with Gasteiger partial charge in [-0.25, -0.2) is 4.98 Å². The summed E-state index contributed by atoms with van der Waals surface area (Å²) in [7, 11) is 0. The molecule has 2 aromatic heterocycles. The zero-order valence-corrected chi connectivity index (χ0v) is 9.34. The number of hydrogen-bond acceptors (Lipinski definition) is 4. The molecule has 0 fully saturated rings. The lowest BCUT2D eigenvalue weighted by Gasteiger charge is -2.08. The van der Waals surface area contributed by atoms with Gasteiger partial charge < -0.3 is 4.74 Å². The van der Waals surface area contributed by atoms with Gasteiger partial charge >= 0.3 is 0 Å². The second-order valence-electron chi connectivity index (χ2n) is 3.31. The summed E-state index contributed by atoms with van der Waals surface area (Å²) in [6.45, 7) is 4.43. The molecule has 0 atom stereocenters. The average molecular weight is 218 g/mol. The standard InChI is InChI=1S/C11H14N4O/c1-3-16-10-8-9(2)12-11(13-10)14-15-6-4-5-7-15/h4-8H,3H2,1-2H3,(H,12,13,14). The first-order chi connectivity index (χ1) is 7.78. The molecule has 0 saturated heterocycles. The van der Waals surface area contributed by atoms with Gasteiger partial charge in [0.1, 0.15) is 0 Å². The maximum atomic E-state index is 5.35. The highest BCUT2D eigenvalue weighted by molar-refractivity contribution is 5.30. The molecule has 0 aliphatic carbocycles. The van der Waals surface area contributed by atoms with Crippen LogP contribution in [-0.4, -0.2) is 21.3 Å². The van der Waals surface area contributed by atoms with E-state index in [0.29, 0.717) is 18.4 Å². The highest BCUT2D eigenvalue weighted by Crippen LogP contribution is 2.11. The van der Waals surface area contributed by atoms with Crippen LogP contribution in [0.2, 0.25) is 0 Å². The largest absolute Gasteiger partial charge is 0.478 e. The molecule has 0 saturated carbocycles. The molecule has 0 aliphatic rings. The van der Waals surface area contributed by atoms with Gasteiger partial charge in [0, 0.05) is 24.2 Å². The quantitative estimate of drug-likeness (QED) is 0.851. The normalized spacial score (nSPS) is 10.1. The third-order valence-corrected chi connectivity index (χ3v) is 1.96. The molecule has 2 heterocycles. The number of anilines is 1. The smallest absolute Gasteiger partial charge is 0.245 e. The van der Waals surface area contributed by atoms with E-state index < -0.39 is 0 Å². The zero-order chi connectivity index (χ0) is 11.4. The van der Waals surface area contributed by atoms with Crippen molar-refractivity contribution in [2.75, 3.05) is 12.0 Å². The zero-order valence-electron chi connectivity index (χ0n) is 9.34. The Kier molecular flexibility index (Phi) is 3.05. The molecule has 0 amide bonds. The van der Waals surface area contributed by atoms with Gasteiger partial charge in [0.2, 0.25) is 11.8 Å². The van der Waals surface area contributed by atoms with Gasteiger partial charge in [0.05, 0.1) is 6.61 Å². The maximum absolute atomic E-state index is 5.35. The first-order valence-electron chi connectivity index (χ1n) is 5.16. The van der Waals surface area contributed by atoms with E-state index in [1.165, 1.54) is 0 Å². The van der Waals surface area contributed by atoms with Crippen molar-refractivity contribution in [1.82, 2.24) is 14.6 Å². The number of hydrogen-bond donors (Lipinski definition) is 1. The molecule has 0 spiro atoms. The second kappa shape index (κ2) is 4.65. The van der Waals surface area contributed by atoms with Crippen LogP contribution in [0, 0.1) is 6.92 Å². The van der Waals surface area contributed by atoms with E-state index in [1.54, 1.807) is 4.68 Å².